The second-order valence-electron chi connectivity index (χ2n) is 3.73. The Morgan fingerprint density at radius 1 is 1.33 bits per heavy atom. The highest BCUT2D eigenvalue weighted by Crippen LogP contribution is 2.15. The van der Waals surface area contributed by atoms with Crippen LogP contribution in [0.25, 0.3) is 0 Å². The van der Waals surface area contributed by atoms with Crippen LogP contribution in [0.3, 0.4) is 0 Å². The number of hydrogen-bond acceptors (Lipinski definition) is 4. The molecule has 0 bridgehead atoms. The summed E-state index contributed by atoms with van der Waals surface area (Å²) in [6.07, 6.45) is 1.14. The fourth-order valence-electron chi connectivity index (χ4n) is 1.75. The highest BCUT2D eigenvalue weighted by atomic mass is 35.5. The van der Waals surface area contributed by atoms with Crippen LogP contribution in [0.15, 0.2) is 6.07 Å². The minimum Gasteiger partial charge on any atom is -0.355 e. The predicted molar refractivity (Wildman–Crippen MR) is 61.5 cm³/mol. The minimum atomic E-state index is 0.335. The molecule has 0 radical (unpaired) electrons. The minimum absolute atomic E-state index is 0.335. The first-order valence-electron chi connectivity index (χ1n) is 5.22. The summed E-state index contributed by atoms with van der Waals surface area (Å²) in [7, 11) is 0. The van der Waals surface area contributed by atoms with Gasteiger partial charge in [0.25, 0.3) is 0 Å². The van der Waals surface area contributed by atoms with E-state index in [4.69, 9.17) is 11.6 Å². The summed E-state index contributed by atoms with van der Waals surface area (Å²) >= 11 is 5.85. The van der Waals surface area contributed by atoms with E-state index in [-0.39, 0.29) is 0 Å². The lowest BCUT2D eigenvalue weighted by atomic mass is 10.3. The summed E-state index contributed by atoms with van der Waals surface area (Å²) in [5.41, 5.74) is 0.919. The maximum absolute atomic E-state index is 5.85. The van der Waals surface area contributed by atoms with E-state index < -0.39 is 0 Å². The number of nitrogens with one attached hydrogen (secondary N) is 1. The smallest absolute Gasteiger partial charge is 0.224 e. The van der Waals surface area contributed by atoms with E-state index in [2.05, 4.69) is 20.2 Å². The highest BCUT2D eigenvalue weighted by Gasteiger charge is 2.11. The molecule has 0 amide bonds. The van der Waals surface area contributed by atoms with Crippen molar-refractivity contribution in [1.82, 2.24) is 15.3 Å². The number of aryl methyl sites for hydroxylation is 1. The quantitative estimate of drug-likeness (QED) is 0.732. The molecule has 1 aliphatic rings. The molecule has 1 aromatic rings. The highest BCUT2D eigenvalue weighted by molar-refractivity contribution is 6.28. The van der Waals surface area contributed by atoms with Gasteiger partial charge in [0.1, 0.15) is 5.82 Å². The number of nitrogens with zero attached hydrogens (tertiary/aromatic N) is 3. The van der Waals surface area contributed by atoms with E-state index in [1.54, 1.807) is 0 Å². The summed E-state index contributed by atoms with van der Waals surface area (Å²) in [4.78, 5) is 10.6. The van der Waals surface area contributed by atoms with Crippen molar-refractivity contribution in [2.75, 3.05) is 31.1 Å². The zero-order chi connectivity index (χ0) is 10.7. The Kier molecular flexibility index (Phi) is 3.38. The fourth-order valence-corrected chi connectivity index (χ4v) is 1.97. The predicted octanol–water partition coefficient (Wildman–Crippen LogP) is 1.24. The lowest BCUT2D eigenvalue weighted by Gasteiger charge is -2.21. The lowest BCUT2D eigenvalue weighted by Crippen LogP contribution is -2.28. The van der Waals surface area contributed by atoms with Gasteiger partial charge in [-0.3, -0.25) is 0 Å². The Bertz CT molecular complexity index is 314. The number of rotatable bonds is 1. The Morgan fingerprint density at radius 2 is 2.20 bits per heavy atom. The van der Waals surface area contributed by atoms with Crippen molar-refractivity contribution in [3.63, 3.8) is 0 Å². The molecule has 1 saturated heterocycles. The van der Waals surface area contributed by atoms with Crippen LogP contribution in [0.1, 0.15) is 12.1 Å². The van der Waals surface area contributed by atoms with Gasteiger partial charge in [0.15, 0.2) is 0 Å². The Labute approximate surface area is 94.7 Å². The average molecular weight is 227 g/mol. The Hall–Kier alpha value is -0.870. The molecule has 2 rings (SSSR count). The second kappa shape index (κ2) is 4.77. The lowest BCUT2D eigenvalue weighted by molar-refractivity contribution is 0.724. The third-order valence-corrected chi connectivity index (χ3v) is 2.65. The van der Waals surface area contributed by atoms with Crippen LogP contribution in [0, 0.1) is 6.92 Å². The topological polar surface area (TPSA) is 41.0 Å². The maximum Gasteiger partial charge on any atom is 0.224 e. The van der Waals surface area contributed by atoms with Crippen LogP contribution >= 0.6 is 11.6 Å². The van der Waals surface area contributed by atoms with Crippen molar-refractivity contribution in [1.29, 1.82) is 0 Å². The number of aromatic nitrogens is 2. The van der Waals surface area contributed by atoms with Gasteiger partial charge < -0.3 is 10.2 Å². The van der Waals surface area contributed by atoms with Crippen LogP contribution in [-0.4, -0.2) is 36.1 Å². The Balaban J connectivity index is 2.19. The van der Waals surface area contributed by atoms with Gasteiger partial charge in [-0.15, -0.1) is 0 Å². The van der Waals surface area contributed by atoms with Gasteiger partial charge in [0, 0.05) is 31.4 Å². The molecule has 5 heteroatoms. The normalized spacial score (nSPS) is 17.6. The third-order valence-electron chi connectivity index (χ3n) is 2.48. The molecule has 0 aliphatic carbocycles. The van der Waals surface area contributed by atoms with E-state index >= 15 is 0 Å². The average Bonchev–Trinajstić information content (AvgIpc) is 2.43. The number of hydrogen-bond donors (Lipinski definition) is 1. The Morgan fingerprint density at radius 3 is 3.00 bits per heavy atom. The molecule has 82 valence electrons. The molecule has 0 unspecified atom stereocenters. The molecule has 1 fully saturated rings. The maximum atomic E-state index is 5.85. The largest absolute Gasteiger partial charge is 0.355 e. The van der Waals surface area contributed by atoms with Gasteiger partial charge in [0.2, 0.25) is 5.28 Å². The molecule has 2 heterocycles. The first-order valence-corrected chi connectivity index (χ1v) is 5.60. The van der Waals surface area contributed by atoms with Crippen molar-refractivity contribution in [2.24, 2.45) is 0 Å². The molecule has 4 nitrogen and oxygen atoms in total. The van der Waals surface area contributed by atoms with E-state index in [1.807, 2.05) is 13.0 Å². The number of anilines is 1. The van der Waals surface area contributed by atoms with Crippen molar-refractivity contribution in [2.45, 2.75) is 13.3 Å². The van der Waals surface area contributed by atoms with Crippen molar-refractivity contribution in [3.8, 4) is 0 Å². The monoisotopic (exact) mass is 226 g/mol. The van der Waals surface area contributed by atoms with Gasteiger partial charge >= 0.3 is 0 Å². The first kappa shape index (κ1) is 10.6. The van der Waals surface area contributed by atoms with Crippen molar-refractivity contribution < 1.29 is 0 Å². The zero-order valence-corrected chi connectivity index (χ0v) is 9.59. The standard InChI is InChI=1S/C10H15ClN4/c1-8-7-9(14-10(11)13-8)15-5-2-3-12-4-6-15/h7,12H,2-6H2,1H3. The van der Waals surface area contributed by atoms with E-state index in [0.29, 0.717) is 5.28 Å². The van der Waals surface area contributed by atoms with Gasteiger partial charge in [-0.25, -0.2) is 9.97 Å². The zero-order valence-electron chi connectivity index (χ0n) is 8.83. The van der Waals surface area contributed by atoms with Crippen LogP contribution < -0.4 is 10.2 Å². The molecular formula is C10H15ClN4. The van der Waals surface area contributed by atoms with E-state index in [0.717, 1.165) is 44.1 Å². The summed E-state index contributed by atoms with van der Waals surface area (Å²) < 4.78 is 0. The van der Waals surface area contributed by atoms with Crippen molar-refractivity contribution in [3.05, 3.63) is 17.0 Å². The fraction of sp³-hybridized carbons (Fsp3) is 0.600. The van der Waals surface area contributed by atoms with Gasteiger partial charge in [-0.1, -0.05) is 0 Å². The first-order chi connectivity index (χ1) is 7.25. The molecule has 15 heavy (non-hydrogen) atoms. The summed E-state index contributed by atoms with van der Waals surface area (Å²) in [6, 6.07) is 1.98. The molecule has 0 spiro atoms. The molecule has 0 aromatic carbocycles. The van der Waals surface area contributed by atoms with Gasteiger partial charge in [0.05, 0.1) is 0 Å². The molecule has 0 atom stereocenters. The van der Waals surface area contributed by atoms with Crippen LogP contribution in [0.5, 0.6) is 0 Å². The molecular weight excluding hydrogens is 212 g/mol. The summed E-state index contributed by atoms with van der Waals surface area (Å²) in [5, 5.41) is 3.69. The third kappa shape index (κ3) is 2.79. The SMILES string of the molecule is Cc1cc(N2CCCNCC2)nc(Cl)n1. The summed E-state index contributed by atoms with van der Waals surface area (Å²) in [6.45, 7) is 6.02. The molecule has 1 N–H and O–H groups in total. The van der Waals surface area contributed by atoms with Crippen LogP contribution in [0.2, 0.25) is 5.28 Å². The molecule has 0 saturated carbocycles. The molecule has 1 aromatic heterocycles. The van der Waals surface area contributed by atoms with Crippen LogP contribution in [0.4, 0.5) is 5.82 Å². The second-order valence-corrected chi connectivity index (χ2v) is 4.07. The van der Waals surface area contributed by atoms with Crippen LogP contribution in [-0.2, 0) is 0 Å². The molecule has 1 aliphatic heterocycles. The van der Waals surface area contributed by atoms with E-state index in [9.17, 15) is 0 Å². The van der Waals surface area contributed by atoms with Gasteiger partial charge in [-0.2, -0.15) is 0 Å². The summed E-state index contributed by atoms with van der Waals surface area (Å²) in [5.74, 6) is 0.941. The van der Waals surface area contributed by atoms with E-state index in [1.165, 1.54) is 0 Å². The number of halogens is 1. The van der Waals surface area contributed by atoms with Gasteiger partial charge in [-0.05, 0) is 31.5 Å². The van der Waals surface area contributed by atoms with Crippen molar-refractivity contribution >= 4 is 17.4 Å².